The predicted molar refractivity (Wildman–Crippen MR) is 312 cm³/mol. The van der Waals surface area contributed by atoms with Gasteiger partial charge in [-0.3, -0.25) is 18.9 Å². The van der Waals surface area contributed by atoms with Crippen molar-refractivity contribution in [1.82, 2.24) is 14.0 Å². The van der Waals surface area contributed by atoms with Gasteiger partial charge in [-0.2, -0.15) is 0 Å². The molecule has 0 aromatic rings. The van der Waals surface area contributed by atoms with Crippen molar-refractivity contribution in [2.24, 2.45) is 22.7 Å². The summed E-state index contributed by atoms with van der Waals surface area (Å²) in [4.78, 5) is 23.8. The minimum atomic E-state index is -1.31. The molecule has 0 aromatic carbocycles. The van der Waals surface area contributed by atoms with E-state index in [1.165, 1.54) is 37.7 Å². The number of halogens is 1. The Morgan fingerprint density at radius 3 is 1.47 bits per heavy atom. The van der Waals surface area contributed by atoms with Gasteiger partial charge in [-0.15, -0.1) is 0 Å². The molecule has 2 rings (SSSR count). The van der Waals surface area contributed by atoms with E-state index in [9.17, 15) is 14.7 Å². The molecule has 13 nitrogen and oxygen atoms in total. The van der Waals surface area contributed by atoms with Crippen molar-refractivity contribution in [2.45, 2.75) is 252 Å². The van der Waals surface area contributed by atoms with Crippen molar-refractivity contribution in [3.63, 3.8) is 0 Å². The molecule has 2 saturated heterocycles. The van der Waals surface area contributed by atoms with Crippen LogP contribution in [0.3, 0.4) is 0 Å². The Morgan fingerprint density at radius 2 is 1.14 bits per heavy atom. The van der Waals surface area contributed by atoms with Gasteiger partial charge in [0.1, 0.15) is 7.58 Å². The summed E-state index contributed by atoms with van der Waals surface area (Å²) < 4.78 is 69.8. The number of aliphatic hydroxyl groups is 4. The van der Waals surface area contributed by atoms with Gasteiger partial charge in [0.15, 0.2) is 10.2 Å². The molecular weight excluding hydrogens is 1010 g/mol. The summed E-state index contributed by atoms with van der Waals surface area (Å²) in [6.07, 6.45) is 0.925. The van der Waals surface area contributed by atoms with Crippen LogP contribution < -0.4 is 0 Å². The number of hydrogen-bond donors (Lipinski definition) is 4. The average Bonchev–Trinajstić information content (AvgIpc) is 3.73. The quantitative estimate of drug-likeness (QED) is 0.0460. The van der Waals surface area contributed by atoms with Crippen molar-refractivity contribution < 1.29 is 51.3 Å². The van der Waals surface area contributed by atoms with E-state index in [0.717, 1.165) is 25.3 Å². The molecule has 9 unspecified atom stereocenters. The summed E-state index contributed by atoms with van der Waals surface area (Å²) in [7, 11) is 0.548. The SMILES string of the molecule is CC(C)N(C(C)C)P(Cl)N(C(C)C)C(C)C.[2H]B=S.[2H]CC1OC(C)C(C)C1O.[2H]CC1OC(C)C(C)C1OP(OCCSC(=O)C(C)(C)CC)N(C(C)C)C(C)C.[3H]OC.[3H]OC.[3H]OCC(C)(C)C(=O)SCCC. The first-order chi connectivity index (χ1) is 35.1. The average molecular weight is 1130 g/mol. The zero-order valence-electron chi connectivity index (χ0n) is 54.3. The van der Waals surface area contributed by atoms with Gasteiger partial charge in [0.2, 0.25) is 4.29 Å². The number of ether oxygens (including phenoxy) is 2. The molecular formula is C50H109BClN3O10P2S3. The first-order valence-electron chi connectivity index (χ1n) is 28.0. The van der Waals surface area contributed by atoms with Crippen molar-refractivity contribution in [3.05, 3.63) is 0 Å². The summed E-state index contributed by atoms with van der Waals surface area (Å²) in [6, 6.07) is 2.48. The van der Waals surface area contributed by atoms with E-state index >= 15 is 0 Å². The van der Waals surface area contributed by atoms with Gasteiger partial charge in [0.25, 0.3) is 8.53 Å². The Hall–Kier alpha value is 1.03. The van der Waals surface area contributed by atoms with Gasteiger partial charge in [0.05, 0.1) is 55.3 Å². The van der Waals surface area contributed by atoms with Crippen LogP contribution in [0.25, 0.3) is 0 Å². The monoisotopic (exact) mass is 1120 g/mol. The third kappa shape index (κ3) is 30.7. The Labute approximate surface area is 462 Å². The van der Waals surface area contributed by atoms with Crippen LogP contribution in [-0.4, -0.2) is 169 Å². The Morgan fingerprint density at radius 1 is 0.757 bits per heavy atom. The van der Waals surface area contributed by atoms with Crippen molar-refractivity contribution in [1.29, 1.82) is 5.63 Å². The second kappa shape index (κ2) is 43.1. The molecule has 422 valence electrons. The molecule has 4 N–H and O–H groups in total. The van der Waals surface area contributed by atoms with E-state index < -0.39 is 27.6 Å². The summed E-state index contributed by atoms with van der Waals surface area (Å²) in [5.41, 5.74) is -0.830. The van der Waals surface area contributed by atoms with Gasteiger partial charge >= 0.3 is 20.1 Å². The molecule has 0 aromatic heterocycles. The number of rotatable bonds is 22. The van der Waals surface area contributed by atoms with Crippen LogP contribution in [0.4, 0.5) is 0 Å². The number of carbonyl (C=O) groups is 2. The van der Waals surface area contributed by atoms with Crippen molar-refractivity contribution >= 4 is 79.8 Å². The summed E-state index contributed by atoms with van der Waals surface area (Å²) in [5.74, 6) is 1.85. The fraction of sp³-hybridized carbons (Fsp3) is 0.960. The van der Waals surface area contributed by atoms with Crippen LogP contribution in [0, 0.1) is 22.7 Å². The summed E-state index contributed by atoms with van der Waals surface area (Å²) in [5, 5.41) is 20.9. The minimum absolute atomic E-state index is 0.0724. The number of carbonyl (C=O) groups excluding carboxylic acids is 2. The number of hydrogen-bond acceptors (Lipinski definition) is 16. The molecule has 0 amide bonds. The predicted octanol–water partition coefficient (Wildman–Crippen LogP) is 12.2. The first-order valence-corrected chi connectivity index (χ1v) is 30.5. The maximum Gasteiger partial charge on any atom is 0.259 e. The van der Waals surface area contributed by atoms with E-state index in [2.05, 4.69) is 131 Å². The number of nitrogens with zero attached hydrogens (tertiary/aromatic N) is 3. The van der Waals surface area contributed by atoms with E-state index in [1.54, 1.807) is 13.8 Å². The maximum atomic E-state index is 12.4. The standard InChI is InChI=1S/C21H42NO4PS.C12H28ClN2P.C8H16O2S.C7H14O2.2CH4O.BHS/c1-11-21(9,10)20(23)28-13-12-24-27(22(14(2)3)15(4)5)26-19-16(6)17(7)25-18(19)8;1-9(2)14(10(3)4)16(13)15(11(5)6)12(7)8;1-4-5-11-7(10)8(2,3)6-9;1-4-5(2)9-6(3)7(4)8;3*1-2/h14-19H,11-13H2,1-10H3;9-12H,1-8H3;9H,4-6H2,1-3H3;4-8H,1-3H3;2*2H,1H3;1H/i8D;;9T;3D;2*2T;1D. The zero-order valence-corrected chi connectivity index (χ0v) is 53.3. The van der Waals surface area contributed by atoms with Crippen molar-refractivity contribution in [3.8, 4) is 0 Å². The topological polar surface area (TPSA) is 162 Å². The van der Waals surface area contributed by atoms with Crippen molar-refractivity contribution in [2.75, 3.05) is 38.9 Å². The molecule has 0 aliphatic carbocycles. The smallest absolute Gasteiger partial charge is 0.259 e. The fourth-order valence-electron chi connectivity index (χ4n) is 6.68. The summed E-state index contributed by atoms with van der Waals surface area (Å²) >= 11 is 13.3. The molecule has 20 heteroatoms. The third-order valence-corrected chi connectivity index (χ3v) is 19.7. The molecule has 2 aliphatic rings. The third-order valence-electron chi connectivity index (χ3n) is 11.3. The van der Waals surface area contributed by atoms with E-state index in [0.29, 0.717) is 36.5 Å². The van der Waals surface area contributed by atoms with Crippen LogP contribution in [0.1, 0.15) is 182 Å². The molecule has 2 fully saturated rings. The van der Waals surface area contributed by atoms with Gasteiger partial charge < -0.3 is 39.0 Å². The van der Waals surface area contributed by atoms with E-state index in [-0.39, 0.29) is 90.5 Å². The molecule has 70 heavy (non-hydrogen) atoms. The van der Waals surface area contributed by atoms with Crippen LogP contribution in [0.15, 0.2) is 0 Å². The van der Waals surface area contributed by atoms with Crippen LogP contribution >= 0.6 is 62.9 Å². The zero-order chi connectivity index (χ0) is 60.9. The number of aliphatic hydroxyl groups excluding tert-OH is 4. The Kier molecular flexibility index (Phi) is 41.3. The molecule has 9 atom stereocenters. The molecule has 0 spiro atoms. The Bertz CT molecular complexity index is 1400. The Balaban J connectivity index is -0.000000301. The van der Waals surface area contributed by atoms with Crippen LogP contribution in [0.2, 0.25) is 0 Å². The van der Waals surface area contributed by atoms with E-state index in [4.69, 9.17) is 38.1 Å². The maximum absolute atomic E-state index is 12.4. The van der Waals surface area contributed by atoms with E-state index in [1.807, 2.05) is 48.5 Å². The summed E-state index contributed by atoms with van der Waals surface area (Å²) in [6.45, 7) is 47.8. The molecule has 0 bridgehead atoms. The van der Waals surface area contributed by atoms with Gasteiger partial charge in [0, 0.05) is 82.0 Å². The van der Waals surface area contributed by atoms with Gasteiger partial charge in [-0.05, 0) is 137 Å². The largest absolute Gasteiger partial charge is 0.400 e. The van der Waals surface area contributed by atoms with Gasteiger partial charge in [-0.25, -0.2) is 4.67 Å². The molecule has 2 heterocycles. The molecule has 0 radical (unpaired) electrons. The second-order valence-corrected chi connectivity index (χ2v) is 25.9. The minimum Gasteiger partial charge on any atom is -0.400 e. The second-order valence-electron chi connectivity index (χ2n) is 20.1. The normalized spacial score (nSPS) is 23.7. The fourth-order valence-corrected chi connectivity index (χ4v) is 14.2. The molecule has 0 saturated carbocycles. The molecule has 2 aliphatic heterocycles. The van der Waals surface area contributed by atoms with Crippen LogP contribution in [0.5, 0.6) is 0 Å². The number of thioether (sulfide) groups is 2. The van der Waals surface area contributed by atoms with Gasteiger partial charge in [-0.1, -0.05) is 76.3 Å². The first kappa shape index (κ1) is 67.1. The van der Waals surface area contributed by atoms with Crippen LogP contribution in [-0.2, 0) is 28.1 Å².